The first-order chi connectivity index (χ1) is 16.9. The number of ketones is 2. The lowest BCUT2D eigenvalue weighted by molar-refractivity contribution is -0.148. The molecular formula is C26H26N2O8. The van der Waals surface area contributed by atoms with Crippen LogP contribution in [0.1, 0.15) is 28.1 Å². The molecule has 0 saturated heterocycles. The largest absolute Gasteiger partial charge is 0.510 e. The van der Waals surface area contributed by atoms with Gasteiger partial charge >= 0.3 is 0 Å². The Balaban J connectivity index is 1.73. The molecule has 0 unspecified atom stereocenters. The molecule has 36 heavy (non-hydrogen) atoms. The van der Waals surface area contributed by atoms with Gasteiger partial charge in [0.2, 0.25) is 5.78 Å². The molecule has 1 heterocycles. The van der Waals surface area contributed by atoms with Crippen LogP contribution in [0.5, 0.6) is 5.75 Å². The molecular weight excluding hydrogens is 468 g/mol. The summed E-state index contributed by atoms with van der Waals surface area (Å²) in [6, 6.07) is 5.49. The quantitative estimate of drug-likeness (QED) is 0.398. The topological polar surface area (TPSA) is 175 Å². The van der Waals surface area contributed by atoms with Gasteiger partial charge in [-0.05, 0) is 69.6 Å². The molecule has 0 bridgehead atoms. The Morgan fingerprint density at radius 3 is 2.42 bits per heavy atom. The third kappa shape index (κ3) is 3.01. The van der Waals surface area contributed by atoms with E-state index in [9.17, 15) is 34.8 Å². The van der Waals surface area contributed by atoms with Crippen LogP contribution >= 0.6 is 0 Å². The minimum atomic E-state index is -2.66. The third-order valence-electron chi connectivity index (χ3n) is 7.61. The maximum Gasteiger partial charge on any atom is 0.255 e. The molecule has 4 atom stereocenters. The second kappa shape index (κ2) is 7.81. The number of Topliss-reactive ketones (excluding diaryl/α,β-unsaturated/α-hetero) is 2. The van der Waals surface area contributed by atoms with E-state index in [1.54, 1.807) is 39.2 Å². The van der Waals surface area contributed by atoms with Crippen molar-refractivity contribution in [1.29, 1.82) is 0 Å². The zero-order valence-corrected chi connectivity index (χ0v) is 19.9. The van der Waals surface area contributed by atoms with Gasteiger partial charge in [0.25, 0.3) is 5.91 Å². The third-order valence-corrected chi connectivity index (χ3v) is 7.61. The number of primary amides is 1. The van der Waals surface area contributed by atoms with E-state index in [1.165, 1.54) is 11.0 Å². The van der Waals surface area contributed by atoms with Gasteiger partial charge in [-0.2, -0.15) is 0 Å². The van der Waals surface area contributed by atoms with Crippen LogP contribution in [0.15, 0.2) is 51.3 Å². The minimum absolute atomic E-state index is 0.0258. The highest BCUT2D eigenvalue weighted by atomic mass is 16.4. The van der Waals surface area contributed by atoms with Crippen molar-refractivity contribution in [3.8, 4) is 17.1 Å². The van der Waals surface area contributed by atoms with E-state index in [0.717, 1.165) is 0 Å². The van der Waals surface area contributed by atoms with Crippen LogP contribution in [-0.4, -0.2) is 68.5 Å². The number of aliphatic hydroxyl groups is 3. The lowest BCUT2D eigenvalue weighted by Gasteiger charge is -2.50. The number of phenolic OH excluding ortho intramolecular Hbond substituents is 1. The molecule has 0 aliphatic heterocycles. The summed E-state index contributed by atoms with van der Waals surface area (Å²) in [7, 11) is 3.17. The van der Waals surface area contributed by atoms with Gasteiger partial charge in [-0.1, -0.05) is 0 Å². The van der Waals surface area contributed by atoms with Crippen LogP contribution < -0.4 is 5.73 Å². The zero-order valence-electron chi connectivity index (χ0n) is 19.9. The van der Waals surface area contributed by atoms with Gasteiger partial charge in [0.1, 0.15) is 34.4 Å². The standard InChI is InChI=1S/C26H26N2O8/c1-10-4-7-16(36-10)12-5-6-15(29)18-13(12)8-11-9-14-20(28(2)3)22(31)19(25(27)34)24(33)26(14,35)23(32)17(11)21(18)30/h4-7,11,14,20,29,31-32,35H,8-9H2,1-3H3,(H2,27,34)/t11-,14+,20+,26-/m0/s1. The number of rotatable bonds is 3. The summed E-state index contributed by atoms with van der Waals surface area (Å²) in [4.78, 5) is 40.5. The summed E-state index contributed by atoms with van der Waals surface area (Å²) in [6.45, 7) is 1.78. The van der Waals surface area contributed by atoms with Crippen LogP contribution in [-0.2, 0) is 16.0 Å². The maximum atomic E-state index is 13.7. The number of likely N-dealkylation sites (N-methyl/N-ethyl adjacent to an activating group) is 1. The average Bonchev–Trinajstić information content (AvgIpc) is 3.22. The Hall–Kier alpha value is -3.89. The van der Waals surface area contributed by atoms with Crippen molar-refractivity contribution in [2.24, 2.45) is 17.6 Å². The molecule has 3 aliphatic rings. The number of allylic oxidation sites excluding steroid dienone is 1. The summed E-state index contributed by atoms with van der Waals surface area (Å²) in [5.74, 6) is -5.61. The van der Waals surface area contributed by atoms with Crippen LogP contribution in [0.3, 0.4) is 0 Å². The summed E-state index contributed by atoms with van der Waals surface area (Å²) in [5.41, 5.74) is 2.72. The highest BCUT2D eigenvalue weighted by molar-refractivity contribution is 6.24. The molecule has 0 fully saturated rings. The number of carbonyl (C=O) groups is 3. The molecule has 3 aliphatic carbocycles. The summed E-state index contributed by atoms with van der Waals surface area (Å²) in [5, 5.41) is 44.3. The molecule has 10 nitrogen and oxygen atoms in total. The molecule has 1 amide bonds. The molecule has 1 aromatic carbocycles. The normalized spacial score (nSPS) is 27.8. The molecule has 0 radical (unpaired) electrons. The van der Waals surface area contributed by atoms with E-state index in [2.05, 4.69) is 0 Å². The van der Waals surface area contributed by atoms with Gasteiger partial charge in [0.15, 0.2) is 11.4 Å². The van der Waals surface area contributed by atoms with Crippen LogP contribution in [0.4, 0.5) is 0 Å². The monoisotopic (exact) mass is 494 g/mol. The maximum absolute atomic E-state index is 13.7. The van der Waals surface area contributed by atoms with Crippen LogP contribution in [0.2, 0.25) is 0 Å². The van der Waals surface area contributed by atoms with Gasteiger partial charge in [-0.25, -0.2) is 0 Å². The van der Waals surface area contributed by atoms with Crippen molar-refractivity contribution in [1.82, 2.24) is 4.90 Å². The number of hydrogen-bond donors (Lipinski definition) is 5. The fraction of sp³-hybridized carbons (Fsp3) is 0.346. The van der Waals surface area contributed by atoms with Crippen LogP contribution in [0.25, 0.3) is 11.3 Å². The van der Waals surface area contributed by atoms with Crippen molar-refractivity contribution in [2.45, 2.75) is 31.4 Å². The number of nitrogens with zero attached hydrogens (tertiary/aromatic N) is 1. The number of carbonyl (C=O) groups excluding carboxylic acids is 3. The number of hydrogen-bond acceptors (Lipinski definition) is 9. The first-order valence-corrected chi connectivity index (χ1v) is 11.5. The lowest BCUT2D eigenvalue weighted by Crippen LogP contribution is -2.63. The molecule has 2 aromatic rings. The van der Waals surface area contributed by atoms with Crippen molar-refractivity contribution >= 4 is 17.5 Å². The van der Waals surface area contributed by atoms with Gasteiger partial charge in [-0.3, -0.25) is 19.3 Å². The number of aliphatic hydroxyl groups excluding tert-OH is 2. The van der Waals surface area contributed by atoms with Crippen molar-refractivity contribution in [3.05, 3.63) is 63.8 Å². The SMILES string of the molecule is Cc1ccc(-c2ccc(O)c3c2C[C@H]2C[C@@H]4[C@@H](N(C)C)C(O)=C(C(N)=O)C(=O)[C@@]4(O)C(O)=C2C3=O)o1. The Kier molecular flexibility index (Phi) is 5.17. The van der Waals surface area contributed by atoms with Crippen molar-refractivity contribution in [3.63, 3.8) is 0 Å². The van der Waals surface area contributed by atoms with Gasteiger partial charge in [0, 0.05) is 17.1 Å². The molecule has 0 saturated carbocycles. The average molecular weight is 495 g/mol. The lowest BCUT2D eigenvalue weighted by atomic mass is 9.58. The minimum Gasteiger partial charge on any atom is -0.510 e. The first-order valence-electron chi connectivity index (χ1n) is 11.5. The van der Waals surface area contributed by atoms with E-state index in [-0.39, 0.29) is 29.7 Å². The van der Waals surface area contributed by atoms with E-state index in [4.69, 9.17) is 10.2 Å². The zero-order chi connectivity index (χ0) is 26.3. The second-order valence-corrected chi connectivity index (χ2v) is 9.86. The summed E-state index contributed by atoms with van der Waals surface area (Å²) < 4.78 is 5.75. The number of phenols is 1. The highest BCUT2D eigenvalue weighted by Crippen LogP contribution is 2.53. The second-order valence-electron chi connectivity index (χ2n) is 9.86. The van der Waals surface area contributed by atoms with E-state index in [1.807, 2.05) is 0 Å². The van der Waals surface area contributed by atoms with E-state index >= 15 is 0 Å². The van der Waals surface area contributed by atoms with E-state index in [0.29, 0.717) is 22.6 Å². The number of aromatic hydroxyl groups is 1. The molecule has 188 valence electrons. The smallest absolute Gasteiger partial charge is 0.255 e. The molecule has 0 spiro atoms. The molecule has 10 heteroatoms. The Bertz CT molecular complexity index is 1410. The Labute approximate surface area is 205 Å². The highest BCUT2D eigenvalue weighted by Gasteiger charge is 2.63. The number of amides is 1. The predicted molar refractivity (Wildman–Crippen MR) is 126 cm³/mol. The summed E-state index contributed by atoms with van der Waals surface area (Å²) in [6.07, 6.45) is 0.218. The Morgan fingerprint density at radius 2 is 1.83 bits per heavy atom. The number of nitrogens with two attached hydrogens (primary N) is 1. The number of benzene rings is 1. The van der Waals surface area contributed by atoms with Crippen molar-refractivity contribution in [2.75, 3.05) is 14.1 Å². The van der Waals surface area contributed by atoms with E-state index < -0.39 is 58.0 Å². The molecule has 1 aromatic heterocycles. The van der Waals surface area contributed by atoms with Gasteiger partial charge < -0.3 is 30.6 Å². The fourth-order valence-electron chi connectivity index (χ4n) is 6.06. The fourth-order valence-corrected chi connectivity index (χ4v) is 6.06. The molecule has 6 N–H and O–H groups in total. The number of furan rings is 1. The number of aryl methyl sites for hydroxylation is 1. The molecule has 5 rings (SSSR count). The van der Waals surface area contributed by atoms with Crippen molar-refractivity contribution < 1.29 is 39.2 Å². The van der Waals surface area contributed by atoms with Gasteiger partial charge in [-0.15, -0.1) is 0 Å². The predicted octanol–water partition coefficient (Wildman–Crippen LogP) is 1.69. The Morgan fingerprint density at radius 1 is 1.14 bits per heavy atom. The van der Waals surface area contributed by atoms with Crippen LogP contribution in [0, 0.1) is 18.8 Å². The first kappa shape index (κ1) is 23.8. The number of fused-ring (bicyclic) bond motifs is 3. The summed E-state index contributed by atoms with van der Waals surface area (Å²) >= 11 is 0. The van der Waals surface area contributed by atoms with Gasteiger partial charge in [0.05, 0.1) is 11.6 Å².